The summed E-state index contributed by atoms with van der Waals surface area (Å²) in [7, 11) is 0.0349. The summed E-state index contributed by atoms with van der Waals surface area (Å²) in [5.41, 5.74) is 3.32. The summed E-state index contributed by atoms with van der Waals surface area (Å²) >= 11 is 0. The van der Waals surface area contributed by atoms with Crippen molar-refractivity contribution in [2.75, 3.05) is 7.11 Å². The van der Waals surface area contributed by atoms with Crippen molar-refractivity contribution in [3.05, 3.63) is 53.1 Å². The predicted molar refractivity (Wildman–Crippen MR) is 83.1 cm³/mol. The summed E-state index contributed by atoms with van der Waals surface area (Å²) in [6.45, 7) is 4.25. The van der Waals surface area contributed by atoms with Crippen LogP contribution in [0.3, 0.4) is 0 Å². The molecule has 2 rings (SSSR count). The second-order valence-corrected chi connectivity index (χ2v) is 5.00. The van der Waals surface area contributed by atoms with Crippen molar-refractivity contribution in [2.45, 2.75) is 20.5 Å². The molecule has 0 aromatic heterocycles. The fraction of sp³-hybridized carbons (Fsp3) is 0.250. The maximum Gasteiger partial charge on any atom is 0.488 e. The Morgan fingerprint density at radius 3 is 2.43 bits per heavy atom. The average molecular weight is 286 g/mol. The van der Waals surface area contributed by atoms with E-state index in [0.29, 0.717) is 16.8 Å². The Labute approximate surface area is 125 Å². The van der Waals surface area contributed by atoms with Crippen LogP contribution in [-0.4, -0.2) is 24.3 Å². The van der Waals surface area contributed by atoms with Gasteiger partial charge < -0.3 is 19.5 Å². The van der Waals surface area contributed by atoms with Gasteiger partial charge in [-0.15, -0.1) is 0 Å². The van der Waals surface area contributed by atoms with Gasteiger partial charge in [-0.3, -0.25) is 0 Å². The smallest absolute Gasteiger partial charge is 0.488 e. The summed E-state index contributed by atoms with van der Waals surface area (Å²) in [4.78, 5) is 0. The fourth-order valence-electron chi connectivity index (χ4n) is 2.20. The molecule has 2 aromatic carbocycles. The molecule has 0 radical (unpaired) electrons. The number of ether oxygens (including phenoxy) is 2. The molecule has 0 unspecified atom stereocenters. The van der Waals surface area contributed by atoms with E-state index in [2.05, 4.69) is 0 Å². The molecule has 0 aliphatic heterocycles. The standard InChI is InChI=1S/C16H19BO4/c1-11-4-7-16(12(2)8-11)21-10-13-9-14(20-3)5-6-15(13)17(18)19/h4-9,18-19H,10H2,1-3H3. The van der Waals surface area contributed by atoms with Crippen LogP contribution in [0.2, 0.25) is 0 Å². The zero-order valence-corrected chi connectivity index (χ0v) is 12.5. The van der Waals surface area contributed by atoms with E-state index in [0.717, 1.165) is 11.3 Å². The summed E-state index contributed by atoms with van der Waals surface area (Å²) in [5, 5.41) is 18.8. The molecule has 0 heterocycles. The van der Waals surface area contributed by atoms with Crippen molar-refractivity contribution in [1.82, 2.24) is 0 Å². The number of methoxy groups -OCH3 is 1. The molecular weight excluding hydrogens is 267 g/mol. The average Bonchev–Trinajstić information content (AvgIpc) is 2.45. The molecule has 21 heavy (non-hydrogen) atoms. The van der Waals surface area contributed by atoms with Gasteiger partial charge in [-0.1, -0.05) is 23.8 Å². The molecule has 0 bridgehead atoms. The summed E-state index contributed by atoms with van der Waals surface area (Å²) in [6, 6.07) is 11.0. The topological polar surface area (TPSA) is 58.9 Å². The minimum Gasteiger partial charge on any atom is -0.497 e. The van der Waals surface area contributed by atoms with Gasteiger partial charge in [-0.05, 0) is 48.6 Å². The first-order chi connectivity index (χ1) is 10.0. The Bertz CT molecular complexity index is 626. The molecule has 0 saturated carbocycles. The predicted octanol–water partition coefficient (Wildman–Crippen LogP) is 1.57. The van der Waals surface area contributed by atoms with Crippen LogP contribution in [-0.2, 0) is 6.61 Å². The van der Waals surface area contributed by atoms with Crippen molar-refractivity contribution >= 4 is 12.6 Å². The first-order valence-electron chi connectivity index (χ1n) is 6.74. The molecule has 2 aromatic rings. The third-order valence-electron chi connectivity index (χ3n) is 3.34. The van der Waals surface area contributed by atoms with Crippen molar-refractivity contribution in [3.8, 4) is 11.5 Å². The second-order valence-electron chi connectivity index (χ2n) is 5.00. The lowest BCUT2D eigenvalue weighted by Gasteiger charge is -2.14. The van der Waals surface area contributed by atoms with Crippen LogP contribution < -0.4 is 14.9 Å². The number of aryl methyl sites for hydroxylation is 2. The number of hydrogen-bond acceptors (Lipinski definition) is 4. The Morgan fingerprint density at radius 2 is 1.81 bits per heavy atom. The van der Waals surface area contributed by atoms with E-state index < -0.39 is 7.12 Å². The highest BCUT2D eigenvalue weighted by Crippen LogP contribution is 2.20. The zero-order valence-electron chi connectivity index (χ0n) is 12.5. The van der Waals surface area contributed by atoms with E-state index in [1.54, 1.807) is 25.3 Å². The lowest BCUT2D eigenvalue weighted by Crippen LogP contribution is -2.33. The van der Waals surface area contributed by atoms with Crippen LogP contribution in [0.15, 0.2) is 36.4 Å². The van der Waals surface area contributed by atoms with E-state index in [4.69, 9.17) is 9.47 Å². The molecule has 0 aliphatic rings. The molecule has 0 spiro atoms. The number of rotatable bonds is 5. The highest BCUT2D eigenvalue weighted by Gasteiger charge is 2.17. The minimum absolute atomic E-state index is 0.244. The molecule has 0 amide bonds. The maximum absolute atomic E-state index is 9.42. The van der Waals surface area contributed by atoms with Gasteiger partial charge in [0.25, 0.3) is 0 Å². The lowest BCUT2D eigenvalue weighted by molar-refractivity contribution is 0.303. The SMILES string of the molecule is COc1ccc(B(O)O)c(COc2ccc(C)cc2C)c1. The van der Waals surface area contributed by atoms with Crippen molar-refractivity contribution < 1.29 is 19.5 Å². The van der Waals surface area contributed by atoms with Gasteiger partial charge in [-0.2, -0.15) is 0 Å². The largest absolute Gasteiger partial charge is 0.497 e. The van der Waals surface area contributed by atoms with Crippen LogP contribution in [0.5, 0.6) is 11.5 Å². The monoisotopic (exact) mass is 286 g/mol. The normalized spacial score (nSPS) is 10.3. The Kier molecular flexibility index (Phi) is 4.88. The summed E-state index contributed by atoms with van der Waals surface area (Å²) < 4.78 is 11.0. The van der Waals surface area contributed by atoms with Gasteiger partial charge >= 0.3 is 7.12 Å². The molecule has 0 aliphatic carbocycles. The van der Waals surface area contributed by atoms with Gasteiger partial charge in [0.1, 0.15) is 18.1 Å². The molecular formula is C16H19BO4. The van der Waals surface area contributed by atoms with E-state index in [9.17, 15) is 10.0 Å². The Morgan fingerprint density at radius 1 is 1.05 bits per heavy atom. The van der Waals surface area contributed by atoms with Crippen LogP contribution in [0.25, 0.3) is 0 Å². The first kappa shape index (κ1) is 15.4. The van der Waals surface area contributed by atoms with Gasteiger partial charge in [0.15, 0.2) is 0 Å². The lowest BCUT2D eigenvalue weighted by atomic mass is 9.77. The number of hydrogen-bond donors (Lipinski definition) is 2. The van der Waals surface area contributed by atoms with Crippen molar-refractivity contribution in [3.63, 3.8) is 0 Å². The van der Waals surface area contributed by atoms with E-state index in [1.807, 2.05) is 32.0 Å². The summed E-state index contributed by atoms with van der Waals surface area (Å²) in [5.74, 6) is 1.43. The van der Waals surface area contributed by atoms with Gasteiger partial charge in [0.05, 0.1) is 7.11 Å². The van der Waals surface area contributed by atoms with Crippen LogP contribution in [0.1, 0.15) is 16.7 Å². The van der Waals surface area contributed by atoms with Gasteiger partial charge in [-0.25, -0.2) is 0 Å². The maximum atomic E-state index is 9.42. The highest BCUT2D eigenvalue weighted by atomic mass is 16.5. The number of benzene rings is 2. The van der Waals surface area contributed by atoms with E-state index in [1.165, 1.54) is 5.56 Å². The molecule has 0 fully saturated rings. The quantitative estimate of drug-likeness (QED) is 0.819. The molecule has 2 N–H and O–H groups in total. The first-order valence-corrected chi connectivity index (χ1v) is 6.74. The fourth-order valence-corrected chi connectivity index (χ4v) is 2.20. The van der Waals surface area contributed by atoms with Gasteiger partial charge in [0.2, 0.25) is 0 Å². The molecule has 0 atom stereocenters. The molecule has 0 saturated heterocycles. The Balaban J connectivity index is 2.22. The van der Waals surface area contributed by atoms with Crippen molar-refractivity contribution in [2.24, 2.45) is 0 Å². The van der Waals surface area contributed by atoms with Crippen molar-refractivity contribution in [1.29, 1.82) is 0 Å². The van der Waals surface area contributed by atoms with Gasteiger partial charge in [0, 0.05) is 0 Å². The molecule has 4 nitrogen and oxygen atoms in total. The second kappa shape index (κ2) is 6.65. The molecule has 110 valence electrons. The minimum atomic E-state index is -1.53. The highest BCUT2D eigenvalue weighted by molar-refractivity contribution is 6.59. The van der Waals surface area contributed by atoms with E-state index in [-0.39, 0.29) is 6.61 Å². The third kappa shape index (κ3) is 3.77. The molecule has 5 heteroatoms. The summed E-state index contributed by atoms with van der Waals surface area (Å²) in [6.07, 6.45) is 0. The van der Waals surface area contributed by atoms with Crippen LogP contribution in [0.4, 0.5) is 0 Å². The Hall–Kier alpha value is -1.98. The van der Waals surface area contributed by atoms with Crippen LogP contribution in [0, 0.1) is 13.8 Å². The third-order valence-corrected chi connectivity index (χ3v) is 3.34. The van der Waals surface area contributed by atoms with E-state index >= 15 is 0 Å². The van der Waals surface area contributed by atoms with Crippen LogP contribution >= 0.6 is 0 Å². The zero-order chi connectivity index (χ0) is 15.4.